The molecule has 0 aromatic carbocycles. The maximum atomic E-state index is 5.01. The molecule has 0 fully saturated rings. The Kier molecular flexibility index (Phi) is 5.40. The molecule has 0 amide bonds. The molecule has 0 aromatic rings. The summed E-state index contributed by atoms with van der Waals surface area (Å²) in [7, 11) is 3.44. The van der Waals surface area contributed by atoms with Gasteiger partial charge in [-0.15, -0.1) is 0 Å². The summed E-state index contributed by atoms with van der Waals surface area (Å²) in [6.07, 6.45) is 0. The predicted octanol–water partition coefficient (Wildman–Crippen LogP) is 0.787. The molecule has 3 heteroatoms. The summed E-state index contributed by atoms with van der Waals surface area (Å²) in [5.74, 6) is 0. The first-order valence-electron chi connectivity index (χ1n) is 2.20. The minimum absolute atomic E-state index is 1.09. The Labute approximate surface area is 52.9 Å². The van der Waals surface area contributed by atoms with E-state index in [1.165, 1.54) is 0 Å². The van der Waals surface area contributed by atoms with Crippen LogP contribution in [0.2, 0.25) is 4.37 Å². The van der Waals surface area contributed by atoms with Gasteiger partial charge in [0.25, 0.3) is 0 Å². The first kappa shape index (κ1) is 7.74. The fraction of sp³-hybridized carbons (Fsp3) is 1.00. The molecule has 0 aliphatic heterocycles. The molecule has 0 rings (SSSR count). The Morgan fingerprint density at radius 2 is 1.71 bits per heavy atom. The third-order valence-electron chi connectivity index (χ3n) is 0.665. The van der Waals surface area contributed by atoms with Gasteiger partial charge >= 0.3 is 52.6 Å². The maximum absolute atomic E-state index is 5.01. The molecule has 0 radical (unpaired) electrons. The van der Waals surface area contributed by atoms with Gasteiger partial charge in [0.15, 0.2) is 0 Å². The second-order valence-corrected chi connectivity index (χ2v) is 6.80. The van der Waals surface area contributed by atoms with Gasteiger partial charge in [0.05, 0.1) is 0 Å². The van der Waals surface area contributed by atoms with E-state index in [0.29, 0.717) is 0 Å². The standard InChI is InChI=1S/C2H5.2CH3O.Sb/c3*1-2;/h1H2,2H3;2*1H3;/q;2*-1;+2. The van der Waals surface area contributed by atoms with Crippen LogP contribution in [0.4, 0.5) is 0 Å². The van der Waals surface area contributed by atoms with Crippen LogP contribution in [0.25, 0.3) is 0 Å². The van der Waals surface area contributed by atoms with E-state index in [2.05, 4.69) is 6.92 Å². The van der Waals surface area contributed by atoms with Gasteiger partial charge in [-0.05, 0) is 0 Å². The Balaban J connectivity index is 2.99. The van der Waals surface area contributed by atoms with Gasteiger partial charge in [0.2, 0.25) is 0 Å². The number of hydrogen-bond donors (Lipinski definition) is 0. The van der Waals surface area contributed by atoms with Crippen LogP contribution in [0, 0.1) is 0 Å². The zero-order chi connectivity index (χ0) is 5.70. The summed E-state index contributed by atoms with van der Waals surface area (Å²) in [4.78, 5) is 0. The van der Waals surface area contributed by atoms with Gasteiger partial charge in [-0.1, -0.05) is 0 Å². The molecule has 0 aliphatic rings. The van der Waals surface area contributed by atoms with Crippen LogP contribution >= 0.6 is 0 Å². The van der Waals surface area contributed by atoms with Crippen molar-refractivity contribution < 1.29 is 6.03 Å². The molecule has 0 aliphatic carbocycles. The Hall–Kier alpha value is 0.738. The molecular formula is C4H11O2Sb. The predicted molar refractivity (Wildman–Crippen MR) is 30.3 cm³/mol. The van der Waals surface area contributed by atoms with Gasteiger partial charge in [0, 0.05) is 0 Å². The SMILES string of the molecule is C[CH2][Sb]([O]C)[O]C. The van der Waals surface area contributed by atoms with E-state index in [1.807, 2.05) is 0 Å². The van der Waals surface area contributed by atoms with Crippen LogP contribution in [-0.4, -0.2) is 35.3 Å². The summed E-state index contributed by atoms with van der Waals surface area (Å²) in [6.45, 7) is 2.09. The number of hydrogen-bond acceptors (Lipinski definition) is 2. The molecule has 2 nitrogen and oxygen atoms in total. The fourth-order valence-corrected chi connectivity index (χ4v) is 2.23. The van der Waals surface area contributed by atoms with E-state index in [9.17, 15) is 0 Å². The average Bonchev–Trinajstić information content (AvgIpc) is 1.72. The molecule has 0 bridgehead atoms. The molecule has 0 saturated carbocycles. The van der Waals surface area contributed by atoms with Crippen LogP contribution in [0.15, 0.2) is 0 Å². The van der Waals surface area contributed by atoms with Crippen LogP contribution in [0.3, 0.4) is 0 Å². The second-order valence-electron chi connectivity index (χ2n) is 1.01. The normalized spacial score (nSPS) is 10.3. The van der Waals surface area contributed by atoms with Crippen molar-refractivity contribution in [3.63, 3.8) is 0 Å². The third kappa shape index (κ3) is 3.33. The van der Waals surface area contributed by atoms with Gasteiger partial charge in [0.1, 0.15) is 0 Å². The topological polar surface area (TPSA) is 18.5 Å². The van der Waals surface area contributed by atoms with Gasteiger partial charge in [-0.3, -0.25) is 0 Å². The molecule has 0 atom stereocenters. The van der Waals surface area contributed by atoms with E-state index < -0.39 is 21.1 Å². The van der Waals surface area contributed by atoms with Crippen LogP contribution < -0.4 is 0 Å². The van der Waals surface area contributed by atoms with Gasteiger partial charge in [-0.2, -0.15) is 0 Å². The molecule has 7 heavy (non-hydrogen) atoms. The average molecular weight is 213 g/mol. The zero-order valence-electron chi connectivity index (χ0n) is 4.97. The second kappa shape index (κ2) is 4.89. The summed E-state index contributed by atoms with van der Waals surface area (Å²) < 4.78 is 11.1. The molecule has 0 heterocycles. The monoisotopic (exact) mass is 212 g/mol. The molecule has 44 valence electrons. The Morgan fingerprint density at radius 3 is 1.71 bits per heavy atom. The quantitative estimate of drug-likeness (QED) is 0.645. The zero-order valence-corrected chi connectivity index (χ0v) is 7.52. The minimum atomic E-state index is -1.54. The van der Waals surface area contributed by atoms with Crippen molar-refractivity contribution in [1.29, 1.82) is 0 Å². The van der Waals surface area contributed by atoms with Crippen molar-refractivity contribution in [3.05, 3.63) is 0 Å². The molecular weight excluding hydrogens is 202 g/mol. The first-order valence-corrected chi connectivity index (χ1v) is 6.09. The van der Waals surface area contributed by atoms with E-state index in [4.69, 9.17) is 6.03 Å². The van der Waals surface area contributed by atoms with E-state index in [-0.39, 0.29) is 0 Å². The van der Waals surface area contributed by atoms with Crippen LogP contribution in [0.1, 0.15) is 6.92 Å². The van der Waals surface area contributed by atoms with Gasteiger partial charge < -0.3 is 0 Å². The van der Waals surface area contributed by atoms with E-state index in [0.717, 1.165) is 4.37 Å². The van der Waals surface area contributed by atoms with E-state index >= 15 is 0 Å². The van der Waals surface area contributed by atoms with Crippen LogP contribution in [-0.2, 0) is 6.03 Å². The molecule has 0 unspecified atom stereocenters. The Morgan fingerprint density at radius 1 is 1.29 bits per heavy atom. The van der Waals surface area contributed by atoms with Crippen molar-refractivity contribution in [2.45, 2.75) is 11.3 Å². The third-order valence-corrected chi connectivity index (χ3v) is 4.46. The molecule has 0 spiro atoms. The van der Waals surface area contributed by atoms with Crippen molar-refractivity contribution in [2.24, 2.45) is 0 Å². The summed E-state index contributed by atoms with van der Waals surface area (Å²) in [5.41, 5.74) is 0. The van der Waals surface area contributed by atoms with Crippen LogP contribution in [0.5, 0.6) is 0 Å². The summed E-state index contributed by atoms with van der Waals surface area (Å²) in [5, 5.41) is 0. The number of rotatable bonds is 3. The first-order chi connectivity index (χ1) is 3.35. The van der Waals surface area contributed by atoms with Crippen molar-refractivity contribution >= 4 is 21.1 Å². The van der Waals surface area contributed by atoms with Gasteiger partial charge in [-0.25, -0.2) is 0 Å². The van der Waals surface area contributed by atoms with Crippen molar-refractivity contribution in [2.75, 3.05) is 14.2 Å². The van der Waals surface area contributed by atoms with Crippen molar-refractivity contribution in [1.82, 2.24) is 0 Å². The fourth-order valence-electron chi connectivity index (χ4n) is 0.333. The molecule has 0 aromatic heterocycles. The summed E-state index contributed by atoms with van der Waals surface area (Å²) >= 11 is -1.54. The Bertz CT molecular complexity index is 31.2. The molecule has 0 saturated heterocycles. The van der Waals surface area contributed by atoms with E-state index in [1.54, 1.807) is 14.2 Å². The van der Waals surface area contributed by atoms with Crippen molar-refractivity contribution in [3.8, 4) is 0 Å². The summed E-state index contributed by atoms with van der Waals surface area (Å²) in [6, 6.07) is 0. The molecule has 0 N–H and O–H groups in total.